The van der Waals surface area contributed by atoms with Crippen LogP contribution in [0.4, 0.5) is 28.8 Å². The molecule has 5 rings (SSSR count). The fraction of sp³-hybridized carbons (Fsp3) is 0.240. The molecule has 10 heteroatoms. The number of nitrogens with one attached hydrogen (secondary N) is 3. The summed E-state index contributed by atoms with van der Waals surface area (Å²) in [6.07, 6.45) is 1.80. The van der Waals surface area contributed by atoms with Crippen LogP contribution < -0.4 is 20.3 Å². The molecule has 0 atom stereocenters. The van der Waals surface area contributed by atoms with Crippen LogP contribution in [-0.2, 0) is 9.47 Å². The third-order valence-electron chi connectivity index (χ3n) is 5.76. The monoisotopic (exact) mass is 474 g/mol. The number of anilines is 5. The molecule has 10 nitrogen and oxygen atoms in total. The van der Waals surface area contributed by atoms with Gasteiger partial charge in [0.25, 0.3) is 0 Å². The Morgan fingerprint density at radius 1 is 1.06 bits per heavy atom. The minimum Gasteiger partial charge on any atom is -0.494 e. The summed E-state index contributed by atoms with van der Waals surface area (Å²) in [6.45, 7) is 3.11. The molecule has 0 aliphatic carbocycles. The van der Waals surface area contributed by atoms with Gasteiger partial charge in [-0.2, -0.15) is 4.98 Å². The van der Waals surface area contributed by atoms with Gasteiger partial charge < -0.3 is 34.7 Å². The molecule has 1 fully saturated rings. The lowest BCUT2D eigenvalue weighted by molar-refractivity contribution is 0.0601. The molecule has 0 spiro atoms. The lowest BCUT2D eigenvalue weighted by atomic mass is 10.2. The fourth-order valence-corrected chi connectivity index (χ4v) is 3.99. The third kappa shape index (κ3) is 4.82. The van der Waals surface area contributed by atoms with Crippen LogP contribution in [0.1, 0.15) is 10.4 Å². The minimum atomic E-state index is -0.406. The molecule has 2 aromatic carbocycles. The Morgan fingerprint density at radius 2 is 1.91 bits per heavy atom. The standard InChI is InChI=1S/C25H26N6O4/c1-33-21-15-18(31-10-12-35-13-11-31)6-7-19(21)28-25-29-20-8-9-26-22(20)23(30-25)27-17-5-3-4-16(14-17)24(32)34-2/h3-9,14-15,26H,10-13H2,1-2H3,(H2,27,28,29,30). The fourth-order valence-electron chi connectivity index (χ4n) is 3.99. The Kier molecular flexibility index (Phi) is 6.36. The number of carbonyl (C=O) groups is 1. The number of esters is 1. The molecule has 35 heavy (non-hydrogen) atoms. The van der Waals surface area contributed by atoms with Crippen molar-refractivity contribution in [2.45, 2.75) is 0 Å². The number of nitrogens with zero attached hydrogens (tertiary/aromatic N) is 3. The first-order valence-corrected chi connectivity index (χ1v) is 11.2. The maximum atomic E-state index is 11.9. The molecule has 0 unspecified atom stereocenters. The largest absolute Gasteiger partial charge is 0.494 e. The van der Waals surface area contributed by atoms with Crippen molar-refractivity contribution in [2.24, 2.45) is 0 Å². The quantitative estimate of drug-likeness (QED) is 0.341. The first kappa shape index (κ1) is 22.5. The van der Waals surface area contributed by atoms with E-state index in [0.717, 1.165) is 35.5 Å². The van der Waals surface area contributed by atoms with Crippen LogP contribution in [0.3, 0.4) is 0 Å². The Bertz CT molecular complexity index is 1350. The number of aromatic amines is 1. The smallest absolute Gasteiger partial charge is 0.337 e. The number of morpholine rings is 1. The Morgan fingerprint density at radius 3 is 2.71 bits per heavy atom. The molecule has 1 saturated heterocycles. The van der Waals surface area contributed by atoms with Crippen molar-refractivity contribution >= 4 is 45.8 Å². The van der Waals surface area contributed by atoms with Crippen LogP contribution in [-0.4, -0.2) is 61.4 Å². The molecular formula is C25H26N6O4. The van der Waals surface area contributed by atoms with E-state index < -0.39 is 5.97 Å². The predicted molar refractivity (Wildman–Crippen MR) is 134 cm³/mol. The number of rotatable bonds is 7. The minimum absolute atomic E-state index is 0.404. The number of carbonyl (C=O) groups excluding carboxylic acids is 1. The summed E-state index contributed by atoms with van der Waals surface area (Å²) in [5.41, 5.74) is 4.44. The van der Waals surface area contributed by atoms with E-state index in [0.29, 0.717) is 42.0 Å². The van der Waals surface area contributed by atoms with E-state index in [1.54, 1.807) is 31.5 Å². The zero-order valence-corrected chi connectivity index (χ0v) is 19.5. The maximum absolute atomic E-state index is 11.9. The van der Waals surface area contributed by atoms with Gasteiger partial charge in [-0.1, -0.05) is 6.07 Å². The Hall–Kier alpha value is -4.31. The van der Waals surface area contributed by atoms with Gasteiger partial charge in [0.2, 0.25) is 5.95 Å². The summed E-state index contributed by atoms with van der Waals surface area (Å²) in [6, 6.07) is 14.9. The Balaban J connectivity index is 1.43. The van der Waals surface area contributed by atoms with E-state index in [-0.39, 0.29) is 0 Å². The average molecular weight is 475 g/mol. The maximum Gasteiger partial charge on any atom is 0.337 e. The molecular weight excluding hydrogens is 448 g/mol. The zero-order valence-electron chi connectivity index (χ0n) is 19.5. The van der Waals surface area contributed by atoms with Crippen LogP contribution in [0.15, 0.2) is 54.7 Å². The highest BCUT2D eigenvalue weighted by atomic mass is 16.5. The SMILES string of the molecule is COC(=O)c1cccc(Nc2nc(Nc3ccc(N4CCOCC4)cc3OC)nc3cc[nH]c23)c1. The highest BCUT2D eigenvalue weighted by Crippen LogP contribution is 2.33. The molecule has 0 bridgehead atoms. The van der Waals surface area contributed by atoms with Gasteiger partial charge in [0.1, 0.15) is 11.3 Å². The molecule has 180 valence electrons. The zero-order chi connectivity index (χ0) is 24.2. The summed E-state index contributed by atoms with van der Waals surface area (Å²) < 4.78 is 15.9. The number of benzene rings is 2. The first-order valence-electron chi connectivity index (χ1n) is 11.2. The summed E-state index contributed by atoms with van der Waals surface area (Å²) in [4.78, 5) is 26.7. The van der Waals surface area contributed by atoms with Crippen molar-refractivity contribution in [1.82, 2.24) is 15.0 Å². The van der Waals surface area contributed by atoms with Crippen molar-refractivity contribution in [3.05, 3.63) is 60.3 Å². The molecule has 4 aromatic rings. The highest BCUT2D eigenvalue weighted by molar-refractivity contribution is 5.92. The van der Waals surface area contributed by atoms with Crippen molar-refractivity contribution < 1.29 is 19.0 Å². The van der Waals surface area contributed by atoms with Gasteiger partial charge in [-0.3, -0.25) is 0 Å². The number of aromatic nitrogens is 3. The van der Waals surface area contributed by atoms with Crippen LogP contribution in [0.25, 0.3) is 11.0 Å². The topological polar surface area (TPSA) is 114 Å². The molecule has 1 aliphatic heterocycles. The molecule has 0 radical (unpaired) electrons. The van der Waals surface area contributed by atoms with Gasteiger partial charge in [-0.15, -0.1) is 0 Å². The second-order valence-electron chi connectivity index (χ2n) is 7.94. The molecule has 1 aliphatic rings. The summed E-state index contributed by atoms with van der Waals surface area (Å²) in [5, 5.41) is 6.56. The van der Waals surface area contributed by atoms with Gasteiger partial charge in [0.15, 0.2) is 5.82 Å². The van der Waals surface area contributed by atoms with Crippen molar-refractivity contribution in [1.29, 1.82) is 0 Å². The highest BCUT2D eigenvalue weighted by Gasteiger charge is 2.16. The summed E-state index contributed by atoms with van der Waals surface area (Å²) >= 11 is 0. The van der Waals surface area contributed by atoms with E-state index in [9.17, 15) is 4.79 Å². The van der Waals surface area contributed by atoms with E-state index in [2.05, 4.69) is 30.5 Å². The van der Waals surface area contributed by atoms with Crippen LogP contribution >= 0.6 is 0 Å². The van der Waals surface area contributed by atoms with E-state index in [1.165, 1.54) is 7.11 Å². The number of hydrogen-bond acceptors (Lipinski definition) is 9. The number of ether oxygens (including phenoxy) is 3. The molecule has 3 heterocycles. The van der Waals surface area contributed by atoms with Crippen molar-refractivity contribution in [3.8, 4) is 5.75 Å². The second-order valence-corrected chi connectivity index (χ2v) is 7.94. The Labute approximate surface area is 202 Å². The van der Waals surface area contributed by atoms with E-state index in [4.69, 9.17) is 14.2 Å². The van der Waals surface area contributed by atoms with Crippen LogP contribution in [0, 0.1) is 0 Å². The first-order chi connectivity index (χ1) is 17.1. The van der Waals surface area contributed by atoms with Crippen LogP contribution in [0.5, 0.6) is 5.75 Å². The number of H-pyrrole nitrogens is 1. The van der Waals surface area contributed by atoms with E-state index in [1.807, 2.05) is 30.3 Å². The number of fused-ring (bicyclic) bond motifs is 1. The van der Waals surface area contributed by atoms with E-state index >= 15 is 0 Å². The van der Waals surface area contributed by atoms with Gasteiger partial charge in [0.05, 0.1) is 44.2 Å². The molecule has 2 aromatic heterocycles. The van der Waals surface area contributed by atoms with Gasteiger partial charge in [-0.05, 0) is 36.4 Å². The van der Waals surface area contributed by atoms with Crippen LogP contribution in [0.2, 0.25) is 0 Å². The lowest BCUT2D eigenvalue weighted by Crippen LogP contribution is -2.36. The third-order valence-corrected chi connectivity index (χ3v) is 5.76. The normalized spacial score (nSPS) is 13.5. The predicted octanol–water partition coefficient (Wildman–Crippen LogP) is 4.08. The van der Waals surface area contributed by atoms with Crippen molar-refractivity contribution in [2.75, 3.05) is 56.1 Å². The lowest BCUT2D eigenvalue weighted by Gasteiger charge is -2.29. The molecule has 3 N–H and O–H groups in total. The number of hydrogen-bond donors (Lipinski definition) is 3. The second kappa shape index (κ2) is 9.90. The molecule has 0 amide bonds. The molecule has 0 saturated carbocycles. The summed E-state index contributed by atoms with van der Waals surface area (Å²) in [5.74, 6) is 1.25. The van der Waals surface area contributed by atoms with Gasteiger partial charge >= 0.3 is 5.97 Å². The van der Waals surface area contributed by atoms with Crippen molar-refractivity contribution in [3.63, 3.8) is 0 Å². The number of methoxy groups -OCH3 is 2. The summed E-state index contributed by atoms with van der Waals surface area (Å²) in [7, 11) is 3.00. The van der Waals surface area contributed by atoms with Gasteiger partial charge in [-0.25, -0.2) is 9.78 Å². The average Bonchev–Trinajstić information content (AvgIpc) is 3.38. The van der Waals surface area contributed by atoms with Gasteiger partial charge in [0, 0.05) is 36.7 Å².